The second-order valence-corrected chi connectivity index (χ2v) is 8.15. The van der Waals surface area contributed by atoms with E-state index in [4.69, 9.17) is 16.3 Å². The van der Waals surface area contributed by atoms with E-state index in [0.717, 1.165) is 16.9 Å². The summed E-state index contributed by atoms with van der Waals surface area (Å²) in [7, 11) is 0. The summed E-state index contributed by atoms with van der Waals surface area (Å²) in [5.41, 5.74) is 2.20. The van der Waals surface area contributed by atoms with Gasteiger partial charge in [0.1, 0.15) is 17.9 Å². The molecule has 0 radical (unpaired) electrons. The molecule has 0 unspecified atom stereocenters. The predicted molar refractivity (Wildman–Crippen MR) is 127 cm³/mol. The van der Waals surface area contributed by atoms with E-state index >= 15 is 0 Å². The smallest absolute Gasteiger partial charge is 0.254 e. The van der Waals surface area contributed by atoms with Gasteiger partial charge >= 0.3 is 0 Å². The zero-order chi connectivity index (χ0) is 22.8. The van der Waals surface area contributed by atoms with Gasteiger partial charge in [-0.3, -0.25) is 4.79 Å². The van der Waals surface area contributed by atoms with Crippen LogP contribution in [0, 0.1) is 0 Å². The third-order valence-corrected chi connectivity index (χ3v) is 5.89. The van der Waals surface area contributed by atoms with Gasteiger partial charge in [-0.25, -0.2) is 14.6 Å². The molecule has 1 aliphatic heterocycles. The molecule has 0 atom stereocenters. The minimum Gasteiger partial charge on any atom is -0.494 e. The number of amides is 1. The van der Waals surface area contributed by atoms with E-state index in [1.807, 2.05) is 54.3 Å². The van der Waals surface area contributed by atoms with Crippen LogP contribution in [-0.2, 0) is 0 Å². The number of fused-ring (bicyclic) bond motifs is 1. The molecule has 0 spiro atoms. The van der Waals surface area contributed by atoms with Gasteiger partial charge in [-0.05, 0) is 43.3 Å². The molecule has 1 saturated heterocycles. The van der Waals surface area contributed by atoms with Crippen molar-refractivity contribution in [1.82, 2.24) is 24.6 Å². The molecular formula is C24H23ClN6O2. The van der Waals surface area contributed by atoms with E-state index in [1.165, 1.54) is 0 Å². The number of halogens is 1. The zero-order valence-electron chi connectivity index (χ0n) is 18.2. The molecule has 33 heavy (non-hydrogen) atoms. The molecule has 2 aromatic heterocycles. The number of benzene rings is 2. The second-order valence-electron chi connectivity index (χ2n) is 7.71. The van der Waals surface area contributed by atoms with Crippen LogP contribution in [0.2, 0.25) is 5.02 Å². The van der Waals surface area contributed by atoms with Crippen molar-refractivity contribution in [2.45, 2.75) is 6.92 Å². The summed E-state index contributed by atoms with van der Waals surface area (Å²) in [5, 5.41) is 6.02. The fraction of sp³-hybridized carbons (Fsp3) is 0.250. The van der Waals surface area contributed by atoms with Crippen molar-refractivity contribution in [1.29, 1.82) is 0 Å². The molecule has 4 aromatic rings. The molecule has 1 amide bonds. The maximum absolute atomic E-state index is 13.0. The summed E-state index contributed by atoms with van der Waals surface area (Å²) in [6.07, 6.45) is 3.33. The van der Waals surface area contributed by atoms with Crippen molar-refractivity contribution < 1.29 is 9.53 Å². The van der Waals surface area contributed by atoms with Crippen LogP contribution in [0.4, 0.5) is 5.82 Å². The van der Waals surface area contributed by atoms with E-state index in [9.17, 15) is 4.79 Å². The maximum Gasteiger partial charge on any atom is 0.254 e. The van der Waals surface area contributed by atoms with Gasteiger partial charge in [-0.15, -0.1) is 0 Å². The molecule has 0 saturated carbocycles. The molecular weight excluding hydrogens is 440 g/mol. The highest BCUT2D eigenvalue weighted by molar-refractivity contribution is 6.30. The summed E-state index contributed by atoms with van der Waals surface area (Å²) in [6.45, 7) is 5.04. The van der Waals surface area contributed by atoms with Crippen molar-refractivity contribution in [2.24, 2.45) is 0 Å². The van der Waals surface area contributed by atoms with Gasteiger partial charge in [0.15, 0.2) is 5.65 Å². The Morgan fingerprint density at radius 1 is 1.06 bits per heavy atom. The molecule has 8 nitrogen and oxygen atoms in total. The van der Waals surface area contributed by atoms with Crippen LogP contribution in [-0.4, -0.2) is 63.3 Å². The monoisotopic (exact) mass is 462 g/mol. The minimum atomic E-state index is 0.0119. The first kappa shape index (κ1) is 21.2. The SMILES string of the molecule is CCOc1cccc(C(=O)N2CCN(c3ncnc4c3cnn4-c3cccc(Cl)c3)CC2)c1. The average Bonchev–Trinajstić information content (AvgIpc) is 3.29. The molecule has 168 valence electrons. The number of hydrogen-bond donors (Lipinski definition) is 0. The van der Waals surface area contributed by atoms with Gasteiger partial charge < -0.3 is 14.5 Å². The normalized spacial score (nSPS) is 14.0. The molecule has 2 aromatic carbocycles. The number of carbonyl (C=O) groups is 1. The van der Waals surface area contributed by atoms with Crippen molar-refractivity contribution in [3.8, 4) is 11.4 Å². The van der Waals surface area contributed by atoms with Gasteiger partial charge in [0.25, 0.3) is 5.91 Å². The number of hydrogen-bond acceptors (Lipinski definition) is 6. The largest absolute Gasteiger partial charge is 0.494 e. The van der Waals surface area contributed by atoms with Gasteiger partial charge in [-0.1, -0.05) is 23.7 Å². The van der Waals surface area contributed by atoms with E-state index in [0.29, 0.717) is 54.8 Å². The lowest BCUT2D eigenvalue weighted by Crippen LogP contribution is -2.49. The van der Waals surface area contributed by atoms with E-state index in [-0.39, 0.29) is 5.91 Å². The lowest BCUT2D eigenvalue weighted by atomic mass is 10.1. The molecule has 0 bridgehead atoms. The van der Waals surface area contributed by atoms with Crippen LogP contribution >= 0.6 is 11.6 Å². The third-order valence-electron chi connectivity index (χ3n) is 5.66. The highest BCUT2D eigenvalue weighted by Crippen LogP contribution is 2.26. The fourth-order valence-electron chi connectivity index (χ4n) is 4.07. The number of carbonyl (C=O) groups excluding carboxylic acids is 1. The molecule has 9 heteroatoms. The number of rotatable bonds is 5. The van der Waals surface area contributed by atoms with E-state index in [2.05, 4.69) is 20.0 Å². The number of ether oxygens (including phenoxy) is 1. The van der Waals surface area contributed by atoms with E-state index in [1.54, 1.807) is 23.3 Å². The van der Waals surface area contributed by atoms with Crippen LogP contribution in [0.25, 0.3) is 16.7 Å². The maximum atomic E-state index is 13.0. The Hall–Kier alpha value is -3.65. The predicted octanol–water partition coefficient (Wildman–Crippen LogP) is 3.83. The Morgan fingerprint density at radius 2 is 1.88 bits per heavy atom. The van der Waals surface area contributed by atoms with Gasteiger partial charge in [0.2, 0.25) is 0 Å². The van der Waals surface area contributed by atoms with Gasteiger partial charge in [0.05, 0.1) is 23.9 Å². The summed E-state index contributed by atoms with van der Waals surface area (Å²) in [4.78, 5) is 26.0. The Morgan fingerprint density at radius 3 is 2.67 bits per heavy atom. The summed E-state index contributed by atoms with van der Waals surface area (Å²) >= 11 is 6.15. The number of nitrogens with zero attached hydrogens (tertiary/aromatic N) is 6. The van der Waals surface area contributed by atoms with Crippen molar-refractivity contribution in [2.75, 3.05) is 37.7 Å². The molecule has 3 heterocycles. The first-order valence-electron chi connectivity index (χ1n) is 10.9. The Balaban J connectivity index is 1.34. The molecule has 1 fully saturated rings. The third kappa shape index (κ3) is 4.21. The van der Waals surface area contributed by atoms with Crippen molar-refractivity contribution in [3.05, 3.63) is 71.6 Å². The summed E-state index contributed by atoms with van der Waals surface area (Å²) in [5.74, 6) is 1.54. The standard InChI is InChI=1S/C24H23ClN6O2/c1-2-33-20-8-3-5-17(13-20)24(32)30-11-9-29(10-12-30)22-21-15-28-31(23(21)27-16-26-22)19-7-4-6-18(25)14-19/h3-8,13-16H,2,9-12H2,1H3. The van der Waals surface area contributed by atoms with Crippen LogP contribution in [0.5, 0.6) is 5.75 Å². The van der Waals surface area contributed by atoms with Gasteiger partial charge in [0, 0.05) is 36.8 Å². The number of piperazine rings is 1. The lowest BCUT2D eigenvalue weighted by molar-refractivity contribution is 0.0746. The van der Waals surface area contributed by atoms with Crippen LogP contribution in [0.15, 0.2) is 61.1 Å². The Bertz CT molecular complexity index is 1300. The van der Waals surface area contributed by atoms with E-state index < -0.39 is 0 Å². The molecule has 0 N–H and O–H groups in total. The quantitative estimate of drug-likeness (QED) is 0.448. The highest BCUT2D eigenvalue weighted by Gasteiger charge is 2.25. The van der Waals surface area contributed by atoms with Crippen LogP contribution < -0.4 is 9.64 Å². The molecule has 5 rings (SSSR count). The lowest BCUT2D eigenvalue weighted by Gasteiger charge is -2.35. The number of anilines is 1. The Labute approximate surface area is 196 Å². The molecule has 0 aliphatic carbocycles. The van der Waals surface area contributed by atoms with Crippen molar-refractivity contribution >= 4 is 34.4 Å². The molecule has 1 aliphatic rings. The first-order valence-corrected chi connectivity index (χ1v) is 11.2. The fourth-order valence-corrected chi connectivity index (χ4v) is 4.25. The second kappa shape index (κ2) is 9.07. The van der Waals surface area contributed by atoms with Gasteiger partial charge in [-0.2, -0.15) is 5.10 Å². The Kier molecular flexibility index (Phi) is 5.83. The van der Waals surface area contributed by atoms with Crippen LogP contribution in [0.1, 0.15) is 17.3 Å². The topological polar surface area (TPSA) is 76.4 Å². The highest BCUT2D eigenvalue weighted by atomic mass is 35.5. The zero-order valence-corrected chi connectivity index (χ0v) is 18.9. The first-order chi connectivity index (χ1) is 16.1. The summed E-state index contributed by atoms with van der Waals surface area (Å²) in [6, 6.07) is 14.8. The number of aromatic nitrogens is 4. The van der Waals surface area contributed by atoms with Crippen molar-refractivity contribution in [3.63, 3.8) is 0 Å². The summed E-state index contributed by atoms with van der Waals surface area (Å²) < 4.78 is 7.29. The minimum absolute atomic E-state index is 0.0119. The van der Waals surface area contributed by atoms with Crippen LogP contribution in [0.3, 0.4) is 0 Å². The average molecular weight is 463 g/mol.